The Morgan fingerprint density at radius 3 is 2.73 bits per heavy atom. The molecule has 22 heavy (non-hydrogen) atoms. The van der Waals surface area contributed by atoms with E-state index in [1.165, 1.54) is 38.9 Å². The van der Waals surface area contributed by atoms with Crippen LogP contribution in [0, 0.1) is 5.92 Å². The van der Waals surface area contributed by atoms with E-state index in [9.17, 15) is 4.79 Å². The van der Waals surface area contributed by atoms with Gasteiger partial charge in [-0.15, -0.1) is 0 Å². The first-order chi connectivity index (χ1) is 10.8. The summed E-state index contributed by atoms with van der Waals surface area (Å²) in [5.74, 6) is 1.29. The van der Waals surface area contributed by atoms with Gasteiger partial charge in [0, 0.05) is 31.9 Å². The van der Waals surface area contributed by atoms with Crippen molar-refractivity contribution in [3.8, 4) is 0 Å². The Hall–Kier alpha value is -1.69. The minimum Gasteiger partial charge on any atom is -0.356 e. The molecule has 1 saturated heterocycles. The van der Waals surface area contributed by atoms with Crippen LogP contribution < -0.4 is 10.6 Å². The molecular weight excluding hydrogens is 278 g/mol. The van der Waals surface area contributed by atoms with Gasteiger partial charge in [0.15, 0.2) is 0 Å². The van der Waals surface area contributed by atoms with Gasteiger partial charge in [-0.05, 0) is 50.9 Å². The summed E-state index contributed by atoms with van der Waals surface area (Å²) in [5.41, 5.74) is 0. The number of amides is 1. The second-order valence-electron chi connectivity index (χ2n) is 5.84. The van der Waals surface area contributed by atoms with Gasteiger partial charge < -0.3 is 15.5 Å². The Balaban J connectivity index is 1.54. The van der Waals surface area contributed by atoms with E-state index in [-0.39, 0.29) is 5.91 Å². The van der Waals surface area contributed by atoms with Gasteiger partial charge in [-0.3, -0.25) is 4.79 Å². The molecule has 0 aromatic carbocycles. The molecule has 0 radical (unpaired) electrons. The molecule has 1 aromatic rings. The highest BCUT2D eigenvalue weighted by Gasteiger charge is 2.18. The minimum absolute atomic E-state index is 0.0967. The Labute approximate surface area is 132 Å². The summed E-state index contributed by atoms with van der Waals surface area (Å²) in [5, 5.41) is 6.09. The average molecular weight is 305 g/mol. The summed E-state index contributed by atoms with van der Waals surface area (Å²) in [6.45, 7) is 7.13. The number of nitrogens with zero attached hydrogens (tertiary/aromatic N) is 3. The maximum absolute atomic E-state index is 11.8. The Kier molecular flexibility index (Phi) is 7.09. The topological polar surface area (TPSA) is 70.2 Å². The predicted octanol–water partition coefficient (Wildman–Crippen LogP) is 1.52. The summed E-state index contributed by atoms with van der Waals surface area (Å²) in [6.07, 6.45) is 7.42. The molecular formula is C16H27N5O. The highest BCUT2D eigenvalue weighted by atomic mass is 16.1. The molecule has 1 fully saturated rings. The zero-order valence-electron chi connectivity index (χ0n) is 13.4. The number of hydrogen-bond acceptors (Lipinski definition) is 5. The first-order valence-electron chi connectivity index (χ1n) is 8.28. The van der Waals surface area contributed by atoms with E-state index in [1.807, 2.05) is 0 Å². The van der Waals surface area contributed by atoms with Gasteiger partial charge in [-0.2, -0.15) is 0 Å². The highest BCUT2D eigenvalue weighted by Crippen LogP contribution is 2.16. The van der Waals surface area contributed by atoms with Crippen LogP contribution in [0.4, 0.5) is 5.95 Å². The van der Waals surface area contributed by atoms with Crippen molar-refractivity contribution in [1.29, 1.82) is 0 Å². The van der Waals surface area contributed by atoms with Crippen molar-refractivity contribution in [2.24, 2.45) is 5.92 Å². The summed E-state index contributed by atoms with van der Waals surface area (Å²) in [7, 11) is 0. The lowest BCUT2D eigenvalue weighted by molar-refractivity contribution is -0.121. The highest BCUT2D eigenvalue weighted by molar-refractivity contribution is 5.76. The largest absolute Gasteiger partial charge is 0.356 e. The van der Waals surface area contributed by atoms with Crippen molar-refractivity contribution in [2.45, 2.75) is 32.6 Å². The third-order valence-corrected chi connectivity index (χ3v) is 4.04. The number of carbonyl (C=O) groups excluding carboxylic acids is 1. The number of likely N-dealkylation sites (tertiary alicyclic amines) is 1. The van der Waals surface area contributed by atoms with Crippen LogP contribution in [-0.4, -0.2) is 53.5 Å². The molecule has 1 aliphatic heterocycles. The van der Waals surface area contributed by atoms with Crippen LogP contribution in [0.25, 0.3) is 0 Å². The summed E-state index contributed by atoms with van der Waals surface area (Å²) in [4.78, 5) is 22.5. The Morgan fingerprint density at radius 1 is 1.32 bits per heavy atom. The SMILES string of the molecule is CCCN1CCC(CNC(=O)CCNc2ncccn2)CC1. The first-order valence-corrected chi connectivity index (χ1v) is 8.28. The molecule has 0 bridgehead atoms. The second kappa shape index (κ2) is 9.35. The van der Waals surface area contributed by atoms with Crippen molar-refractivity contribution in [2.75, 3.05) is 38.0 Å². The zero-order valence-corrected chi connectivity index (χ0v) is 13.4. The van der Waals surface area contributed by atoms with Crippen LogP contribution in [0.3, 0.4) is 0 Å². The smallest absolute Gasteiger partial charge is 0.222 e. The van der Waals surface area contributed by atoms with Crippen LogP contribution >= 0.6 is 0 Å². The second-order valence-corrected chi connectivity index (χ2v) is 5.84. The Bertz CT molecular complexity index is 431. The fraction of sp³-hybridized carbons (Fsp3) is 0.688. The number of hydrogen-bond donors (Lipinski definition) is 2. The van der Waals surface area contributed by atoms with Crippen LogP contribution in [0.15, 0.2) is 18.5 Å². The quantitative estimate of drug-likeness (QED) is 0.762. The van der Waals surface area contributed by atoms with E-state index >= 15 is 0 Å². The molecule has 0 spiro atoms. The number of aromatic nitrogens is 2. The number of rotatable bonds is 8. The van der Waals surface area contributed by atoms with Gasteiger partial charge in [0.05, 0.1) is 0 Å². The van der Waals surface area contributed by atoms with Crippen LogP contribution in [0.5, 0.6) is 0 Å². The van der Waals surface area contributed by atoms with Crippen molar-refractivity contribution in [1.82, 2.24) is 20.2 Å². The molecule has 6 nitrogen and oxygen atoms in total. The monoisotopic (exact) mass is 305 g/mol. The molecule has 0 saturated carbocycles. The standard InChI is InChI=1S/C16H27N5O/c1-2-10-21-11-5-14(6-12-21)13-20-15(22)4-9-19-16-17-7-3-8-18-16/h3,7-8,14H,2,4-6,9-13H2,1H3,(H,20,22)(H,17,18,19). The number of carbonyl (C=O) groups is 1. The van der Waals surface area contributed by atoms with Crippen molar-refractivity contribution in [3.63, 3.8) is 0 Å². The van der Waals surface area contributed by atoms with Gasteiger partial charge in [0.2, 0.25) is 11.9 Å². The molecule has 122 valence electrons. The van der Waals surface area contributed by atoms with E-state index in [0.717, 1.165) is 6.54 Å². The van der Waals surface area contributed by atoms with Gasteiger partial charge in [0.25, 0.3) is 0 Å². The lowest BCUT2D eigenvalue weighted by Crippen LogP contribution is -2.39. The van der Waals surface area contributed by atoms with Gasteiger partial charge >= 0.3 is 0 Å². The molecule has 0 unspecified atom stereocenters. The van der Waals surface area contributed by atoms with Crippen LogP contribution in [0.2, 0.25) is 0 Å². The lowest BCUT2D eigenvalue weighted by atomic mass is 9.96. The van der Waals surface area contributed by atoms with E-state index in [4.69, 9.17) is 0 Å². The van der Waals surface area contributed by atoms with E-state index in [1.54, 1.807) is 18.5 Å². The van der Waals surface area contributed by atoms with Crippen molar-refractivity contribution in [3.05, 3.63) is 18.5 Å². The zero-order chi connectivity index (χ0) is 15.6. The molecule has 1 aliphatic rings. The van der Waals surface area contributed by atoms with E-state index in [2.05, 4.69) is 32.4 Å². The Morgan fingerprint density at radius 2 is 2.05 bits per heavy atom. The van der Waals surface area contributed by atoms with Crippen LogP contribution in [0.1, 0.15) is 32.6 Å². The molecule has 2 N–H and O–H groups in total. The molecule has 1 aromatic heterocycles. The maximum atomic E-state index is 11.8. The molecule has 2 heterocycles. The molecule has 2 rings (SSSR count). The summed E-state index contributed by atoms with van der Waals surface area (Å²) in [6, 6.07) is 1.77. The average Bonchev–Trinajstić information content (AvgIpc) is 2.55. The van der Waals surface area contributed by atoms with Crippen molar-refractivity contribution >= 4 is 11.9 Å². The van der Waals surface area contributed by atoms with E-state index in [0.29, 0.717) is 24.8 Å². The number of nitrogens with one attached hydrogen (secondary N) is 2. The normalized spacial score (nSPS) is 16.4. The van der Waals surface area contributed by atoms with Gasteiger partial charge in [-0.25, -0.2) is 9.97 Å². The van der Waals surface area contributed by atoms with Crippen molar-refractivity contribution < 1.29 is 4.79 Å². The fourth-order valence-corrected chi connectivity index (χ4v) is 2.76. The maximum Gasteiger partial charge on any atom is 0.222 e. The van der Waals surface area contributed by atoms with E-state index < -0.39 is 0 Å². The molecule has 6 heteroatoms. The molecule has 0 aliphatic carbocycles. The lowest BCUT2D eigenvalue weighted by Gasteiger charge is -2.31. The molecule has 0 atom stereocenters. The summed E-state index contributed by atoms with van der Waals surface area (Å²) >= 11 is 0. The third kappa shape index (κ3) is 5.97. The molecule has 1 amide bonds. The minimum atomic E-state index is 0.0967. The predicted molar refractivity (Wildman–Crippen MR) is 87.6 cm³/mol. The first kappa shape index (κ1) is 16.7. The van der Waals surface area contributed by atoms with Gasteiger partial charge in [0.1, 0.15) is 0 Å². The number of anilines is 1. The number of piperidine rings is 1. The fourth-order valence-electron chi connectivity index (χ4n) is 2.76. The van der Waals surface area contributed by atoms with Gasteiger partial charge in [-0.1, -0.05) is 6.92 Å². The summed E-state index contributed by atoms with van der Waals surface area (Å²) < 4.78 is 0. The third-order valence-electron chi connectivity index (χ3n) is 4.04. The van der Waals surface area contributed by atoms with Crippen LogP contribution in [-0.2, 0) is 4.79 Å².